The summed E-state index contributed by atoms with van der Waals surface area (Å²) in [4.78, 5) is 4.80. The molecule has 0 radical (unpaired) electrons. The van der Waals surface area contributed by atoms with Crippen LogP contribution in [0.3, 0.4) is 0 Å². The van der Waals surface area contributed by atoms with E-state index in [2.05, 4.69) is 43.9 Å². The number of imidazole rings is 1. The van der Waals surface area contributed by atoms with Crippen molar-refractivity contribution in [1.29, 1.82) is 0 Å². The second-order valence-corrected chi connectivity index (χ2v) is 6.62. The summed E-state index contributed by atoms with van der Waals surface area (Å²) >= 11 is 5.96. The van der Waals surface area contributed by atoms with E-state index >= 15 is 0 Å². The molecule has 2 aromatic carbocycles. The number of nitrogens with zero attached hydrogens (tertiary/aromatic N) is 3. The summed E-state index contributed by atoms with van der Waals surface area (Å²) in [6, 6.07) is 14.3. The quantitative estimate of drug-likeness (QED) is 0.652. The van der Waals surface area contributed by atoms with Crippen LogP contribution in [-0.2, 0) is 7.05 Å². The van der Waals surface area contributed by atoms with E-state index in [-0.39, 0.29) is 0 Å². The lowest BCUT2D eigenvalue weighted by atomic mass is 10.2. The highest BCUT2D eigenvalue weighted by molar-refractivity contribution is 6.30. The number of hydrogen-bond donors (Lipinski definition) is 0. The van der Waals surface area contributed by atoms with Crippen molar-refractivity contribution in [2.24, 2.45) is 7.05 Å². The molecule has 0 saturated carbocycles. The highest BCUT2D eigenvalue weighted by Crippen LogP contribution is 2.28. The summed E-state index contributed by atoms with van der Waals surface area (Å²) < 4.78 is 2.90. The van der Waals surface area contributed by atoms with Gasteiger partial charge in [0.1, 0.15) is 11.5 Å². The molecule has 3 aromatic rings. The van der Waals surface area contributed by atoms with Gasteiger partial charge in [0.25, 0.3) is 0 Å². The Hall–Kier alpha value is -1.84. The monoisotopic (exact) mass is 300 g/mol. The fourth-order valence-electron chi connectivity index (χ4n) is 2.46. The molecule has 21 heavy (non-hydrogen) atoms. The van der Waals surface area contributed by atoms with Crippen LogP contribution >= 0.6 is 11.6 Å². The normalized spacial score (nSPS) is 12.0. The molecule has 0 bridgehead atoms. The molecule has 3 nitrogen and oxygen atoms in total. The number of halogens is 1. The number of aromatic nitrogens is 2. The van der Waals surface area contributed by atoms with Gasteiger partial charge >= 0.3 is 0 Å². The topological polar surface area (TPSA) is 17.8 Å². The molecule has 0 fully saturated rings. The van der Waals surface area contributed by atoms with Gasteiger partial charge < -0.3 is 4.57 Å². The zero-order chi connectivity index (χ0) is 15.2. The third kappa shape index (κ3) is 2.55. The number of benzene rings is 2. The van der Waals surface area contributed by atoms with Crippen LogP contribution in [0.1, 0.15) is 0 Å². The Morgan fingerprint density at radius 1 is 1.00 bits per heavy atom. The van der Waals surface area contributed by atoms with Gasteiger partial charge in [-0.1, -0.05) is 11.6 Å². The van der Waals surface area contributed by atoms with Crippen molar-refractivity contribution in [1.82, 2.24) is 14.0 Å². The Labute approximate surface area is 130 Å². The molecule has 0 spiro atoms. The molecule has 0 amide bonds. The molecular weight excluding hydrogens is 282 g/mol. The smallest absolute Gasteiger partial charge is 0.140 e. The van der Waals surface area contributed by atoms with Gasteiger partial charge in [0.15, 0.2) is 0 Å². The summed E-state index contributed by atoms with van der Waals surface area (Å²) in [5.41, 5.74) is 4.47. The van der Waals surface area contributed by atoms with Gasteiger partial charge in [-0.2, -0.15) is 0 Å². The highest BCUT2D eigenvalue weighted by Gasteiger charge is 2.16. The van der Waals surface area contributed by atoms with Crippen LogP contribution < -0.4 is 4.48 Å². The van der Waals surface area contributed by atoms with Crippen LogP contribution in [0.4, 0.5) is 5.69 Å². The number of quaternary nitrogens is 1. The fraction of sp³-hybridized carbons (Fsp3) is 0.235. The number of hydrogen-bond acceptors (Lipinski definition) is 1. The van der Waals surface area contributed by atoms with E-state index < -0.39 is 0 Å². The second-order valence-electron chi connectivity index (χ2n) is 6.19. The number of rotatable bonds is 2. The van der Waals surface area contributed by atoms with E-state index in [0.717, 1.165) is 31.9 Å². The number of aryl methyl sites for hydroxylation is 1. The third-order valence-electron chi connectivity index (χ3n) is 3.74. The lowest BCUT2D eigenvalue weighted by molar-refractivity contribution is 0.487. The minimum Gasteiger partial charge on any atom is -0.327 e. The summed E-state index contributed by atoms with van der Waals surface area (Å²) in [7, 11) is 8.52. The van der Waals surface area contributed by atoms with Gasteiger partial charge in [0.05, 0.1) is 32.2 Å². The van der Waals surface area contributed by atoms with Crippen molar-refractivity contribution >= 4 is 28.3 Å². The Bertz CT molecular complexity index is 795. The maximum Gasteiger partial charge on any atom is 0.140 e. The van der Waals surface area contributed by atoms with Crippen molar-refractivity contribution in [3.8, 4) is 11.4 Å². The third-order valence-corrected chi connectivity index (χ3v) is 3.99. The predicted octanol–water partition coefficient (Wildman–Crippen LogP) is 4.09. The SMILES string of the molecule is Cn1c(-c2ccc(Cl)cc2)nc2cc([N+](C)(C)C)ccc21. The highest BCUT2D eigenvalue weighted by atomic mass is 35.5. The van der Waals surface area contributed by atoms with Crippen molar-refractivity contribution in [2.45, 2.75) is 0 Å². The summed E-state index contributed by atoms with van der Waals surface area (Å²) in [5, 5.41) is 0.741. The van der Waals surface area contributed by atoms with E-state index in [1.54, 1.807) is 0 Å². The minimum absolute atomic E-state index is 0.741. The van der Waals surface area contributed by atoms with Crippen molar-refractivity contribution in [3.63, 3.8) is 0 Å². The first kappa shape index (κ1) is 14.1. The lowest BCUT2D eigenvalue weighted by Gasteiger charge is -2.23. The molecule has 0 aliphatic heterocycles. The molecule has 0 atom stereocenters. The summed E-state index contributed by atoms with van der Waals surface area (Å²) in [5.74, 6) is 0.959. The maximum absolute atomic E-state index is 5.96. The zero-order valence-electron chi connectivity index (χ0n) is 12.8. The Morgan fingerprint density at radius 3 is 2.29 bits per heavy atom. The molecule has 0 saturated heterocycles. The van der Waals surface area contributed by atoms with Gasteiger partial charge in [-0.25, -0.2) is 4.98 Å². The number of fused-ring (bicyclic) bond motifs is 1. The van der Waals surface area contributed by atoms with Crippen LogP contribution in [0.5, 0.6) is 0 Å². The van der Waals surface area contributed by atoms with Crippen LogP contribution in [0.2, 0.25) is 5.02 Å². The molecule has 0 N–H and O–H groups in total. The molecule has 4 heteroatoms. The standard InChI is InChI=1S/C17H19ClN3/c1-20-16-10-9-14(21(2,3)4)11-15(16)19-17(20)12-5-7-13(18)8-6-12/h5-11H,1-4H3/q+1. The average Bonchev–Trinajstić information content (AvgIpc) is 2.76. The van der Waals surface area contributed by atoms with Crippen LogP contribution in [0.15, 0.2) is 42.5 Å². The van der Waals surface area contributed by atoms with Crippen molar-refractivity contribution in [3.05, 3.63) is 47.5 Å². The molecule has 1 aromatic heterocycles. The summed E-state index contributed by atoms with van der Waals surface area (Å²) in [6.07, 6.45) is 0. The molecule has 108 valence electrons. The first-order valence-electron chi connectivity index (χ1n) is 6.91. The van der Waals surface area contributed by atoms with Crippen molar-refractivity contribution < 1.29 is 0 Å². The van der Waals surface area contributed by atoms with Crippen LogP contribution in [-0.4, -0.2) is 30.7 Å². The molecule has 0 aliphatic carbocycles. The van der Waals surface area contributed by atoms with Gasteiger partial charge in [-0.3, -0.25) is 4.48 Å². The molecule has 1 heterocycles. The lowest BCUT2D eigenvalue weighted by Crippen LogP contribution is -2.34. The minimum atomic E-state index is 0.741. The summed E-state index contributed by atoms with van der Waals surface area (Å²) in [6.45, 7) is 0. The van der Waals surface area contributed by atoms with E-state index in [1.807, 2.05) is 31.3 Å². The van der Waals surface area contributed by atoms with E-state index in [1.165, 1.54) is 5.69 Å². The predicted molar refractivity (Wildman–Crippen MR) is 90.7 cm³/mol. The first-order chi connectivity index (χ1) is 9.86. The van der Waals surface area contributed by atoms with Crippen LogP contribution in [0, 0.1) is 0 Å². The Kier molecular flexibility index (Phi) is 3.27. The van der Waals surface area contributed by atoms with Crippen LogP contribution in [0.25, 0.3) is 22.4 Å². The molecule has 0 aliphatic rings. The maximum atomic E-state index is 5.96. The van der Waals surface area contributed by atoms with Gasteiger partial charge in [-0.15, -0.1) is 0 Å². The second kappa shape index (κ2) is 4.86. The van der Waals surface area contributed by atoms with Gasteiger partial charge in [0.2, 0.25) is 0 Å². The van der Waals surface area contributed by atoms with E-state index in [0.29, 0.717) is 0 Å². The van der Waals surface area contributed by atoms with Gasteiger partial charge in [0, 0.05) is 29.8 Å². The largest absolute Gasteiger partial charge is 0.327 e. The molecule has 3 rings (SSSR count). The van der Waals surface area contributed by atoms with Gasteiger partial charge in [-0.05, 0) is 30.3 Å². The average molecular weight is 301 g/mol. The molecule has 0 unspecified atom stereocenters. The van der Waals surface area contributed by atoms with Crippen molar-refractivity contribution in [2.75, 3.05) is 21.1 Å². The first-order valence-corrected chi connectivity index (χ1v) is 7.28. The fourth-order valence-corrected chi connectivity index (χ4v) is 2.59. The Morgan fingerprint density at radius 2 is 1.67 bits per heavy atom. The zero-order valence-corrected chi connectivity index (χ0v) is 13.5. The van der Waals surface area contributed by atoms with E-state index in [9.17, 15) is 0 Å². The van der Waals surface area contributed by atoms with E-state index in [4.69, 9.17) is 16.6 Å². The molecular formula is C17H19ClN3+. The Balaban J connectivity index is 2.17.